The second-order valence-electron chi connectivity index (χ2n) is 8.73. The molecule has 0 bridgehead atoms. The van der Waals surface area contributed by atoms with E-state index in [1.54, 1.807) is 0 Å². The van der Waals surface area contributed by atoms with Gasteiger partial charge in [0, 0.05) is 68.9 Å². The van der Waals surface area contributed by atoms with E-state index in [2.05, 4.69) is 58.0 Å². The van der Waals surface area contributed by atoms with Gasteiger partial charge in [-0.1, -0.05) is 19.8 Å². The Morgan fingerprint density at radius 2 is 1.85 bits per heavy atom. The van der Waals surface area contributed by atoms with E-state index in [1.165, 1.54) is 56.8 Å². The maximum absolute atomic E-state index is 4.55. The van der Waals surface area contributed by atoms with E-state index in [9.17, 15) is 0 Å². The number of hydrogen-bond acceptors (Lipinski definition) is 4. The second kappa shape index (κ2) is 10.9. The highest BCUT2D eigenvalue weighted by molar-refractivity contribution is 14.0. The Balaban J connectivity index is 0.00000261. The number of nitrogens with zero attached hydrogens (tertiary/aromatic N) is 3. The summed E-state index contributed by atoms with van der Waals surface area (Å²) < 4.78 is 0. The van der Waals surface area contributed by atoms with Gasteiger partial charge in [-0.2, -0.15) is 11.8 Å². The average Bonchev–Trinajstić information content (AvgIpc) is 3.27. The van der Waals surface area contributed by atoms with Gasteiger partial charge in [0.05, 0.1) is 0 Å². The molecule has 0 aromatic rings. The summed E-state index contributed by atoms with van der Waals surface area (Å²) in [6.07, 6.45) is 5.42. The average molecular weight is 510 g/mol. The van der Waals surface area contributed by atoms with Crippen LogP contribution in [0, 0.1) is 5.92 Å². The third kappa shape index (κ3) is 5.89. The van der Waals surface area contributed by atoms with E-state index in [0.717, 1.165) is 19.0 Å². The summed E-state index contributed by atoms with van der Waals surface area (Å²) in [4.78, 5) is 9.89. The van der Waals surface area contributed by atoms with E-state index in [4.69, 9.17) is 0 Å². The predicted molar refractivity (Wildman–Crippen MR) is 130 cm³/mol. The van der Waals surface area contributed by atoms with Crippen molar-refractivity contribution in [3.8, 4) is 0 Å². The van der Waals surface area contributed by atoms with Gasteiger partial charge >= 0.3 is 0 Å². The van der Waals surface area contributed by atoms with Gasteiger partial charge in [-0.05, 0) is 32.6 Å². The van der Waals surface area contributed by atoms with Crippen molar-refractivity contribution < 1.29 is 0 Å². The van der Waals surface area contributed by atoms with E-state index >= 15 is 0 Å². The van der Waals surface area contributed by atoms with Crippen LogP contribution in [0.15, 0.2) is 4.99 Å². The van der Waals surface area contributed by atoms with E-state index in [0.29, 0.717) is 23.5 Å². The molecule has 0 radical (unpaired) electrons. The van der Waals surface area contributed by atoms with E-state index in [1.807, 2.05) is 7.05 Å². The van der Waals surface area contributed by atoms with Crippen LogP contribution in [0.1, 0.15) is 46.5 Å². The molecule has 2 aliphatic heterocycles. The SMILES string of the molecule is CN=C(NCC1(N2CCSCC2)CCCC1)NC1CN(C(C)C)CC1C.I. The molecule has 2 saturated heterocycles. The molecular formula is C20H40IN5S. The van der Waals surface area contributed by atoms with Crippen molar-refractivity contribution in [2.45, 2.75) is 64.1 Å². The molecule has 3 aliphatic rings. The fourth-order valence-corrected chi connectivity index (χ4v) is 5.81. The Bertz CT molecular complexity index is 475. The molecule has 3 rings (SSSR count). The van der Waals surface area contributed by atoms with Crippen molar-refractivity contribution in [1.82, 2.24) is 20.4 Å². The fourth-order valence-electron chi connectivity index (χ4n) is 4.91. The first-order valence-electron chi connectivity index (χ1n) is 10.6. The molecule has 0 amide bonds. The standard InChI is InChI=1S/C20H39N5S.HI/c1-16(2)24-13-17(3)18(14-24)23-19(21-4)22-15-20(7-5-6-8-20)25-9-11-26-12-10-25;/h16-18H,5-15H2,1-4H3,(H2,21,22,23);1H. The third-order valence-corrected chi connectivity index (χ3v) is 7.66. The van der Waals surface area contributed by atoms with Crippen molar-refractivity contribution in [3.05, 3.63) is 0 Å². The first kappa shape index (κ1) is 23.5. The summed E-state index contributed by atoms with van der Waals surface area (Å²) in [5.74, 6) is 4.24. The first-order chi connectivity index (χ1) is 12.5. The molecule has 3 fully saturated rings. The van der Waals surface area contributed by atoms with Crippen LogP contribution in [0.25, 0.3) is 0 Å². The lowest BCUT2D eigenvalue weighted by Gasteiger charge is -2.44. The summed E-state index contributed by atoms with van der Waals surface area (Å²) in [5.41, 5.74) is 0.351. The molecule has 2 atom stereocenters. The lowest BCUT2D eigenvalue weighted by atomic mass is 9.94. The van der Waals surface area contributed by atoms with Crippen LogP contribution in [0.5, 0.6) is 0 Å². The monoisotopic (exact) mass is 509 g/mol. The van der Waals surface area contributed by atoms with Gasteiger partial charge in [0.1, 0.15) is 0 Å². The molecule has 5 nitrogen and oxygen atoms in total. The number of aliphatic imine (C=N–C) groups is 1. The van der Waals surface area contributed by atoms with Gasteiger partial charge in [0.2, 0.25) is 0 Å². The molecule has 2 heterocycles. The molecule has 1 aliphatic carbocycles. The van der Waals surface area contributed by atoms with Crippen LogP contribution in [-0.4, -0.2) is 84.7 Å². The van der Waals surface area contributed by atoms with Crippen LogP contribution in [0.3, 0.4) is 0 Å². The smallest absolute Gasteiger partial charge is 0.191 e. The molecule has 2 N–H and O–H groups in total. The topological polar surface area (TPSA) is 42.9 Å². The number of guanidine groups is 1. The molecule has 0 spiro atoms. The van der Waals surface area contributed by atoms with Gasteiger partial charge in [-0.15, -0.1) is 24.0 Å². The van der Waals surface area contributed by atoms with Gasteiger partial charge < -0.3 is 10.6 Å². The fraction of sp³-hybridized carbons (Fsp3) is 0.950. The zero-order valence-electron chi connectivity index (χ0n) is 17.7. The highest BCUT2D eigenvalue weighted by Crippen LogP contribution is 2.36. The lowest BCUT2D eigenvalue weighted by molar-refractivity contribution is 0.107. The number of likely N-dealkylation sites (tertiary alicyclic amines) is 1. The summed E-state index contributed by atoms with van der Waals surface area (Å²) in [5, 5.41) is 7.43. The van der Waals surface area contributed by atoms with Crippen LogP contribution in [0.2, 0.25) is 0 Å². The Morgan fingerprint density at radius 3 is 2.41 bits per heavy atom. The van der Waals surface area contributed by atoms with Gasteiger partial charge in [0.15, 0.2) is 5.96 Å². The Morgan fingerprint density at radius 1 is 1.19 bits per heavy atom. The molecule has 0 aromatic heterocycles. The minimum atomic E-state index is 0. The van der Waals surface area contributed by atoms with Crippen LogP contribution in [0.4, 0.5) is 0 Å². The van der Waals surface area contributed by atoms with Gasteiger partial charge in [0.25, 0.3) is 0 Å². The maximum Gasteiger partial charge on any atom is 0.191 e. The molecule has 1 saturated carbocycles. The summed E-state index contributed by atoms with van der Waals surface area (Å²) in [7, 11) is 1.91. The molecule has 158 valence electrons. The zero-order chi connectivity index (χ0) is 18.6. The van der Waals surface area contributed by atoms with Gasteiger partial charge in [-0.3, -0.25) is 14.8 Å². The summed E-state index contributed by atoms with van der Waals surface area (Å²) in [6, 6.07) is 1.12. The van der Waals surface area contributed by atoms with E-state index < -0.39 is 0 Å². The molecule has 7 heteroatoms. The maximum atomic E-state index is 4.55. The highest BCUT2D eigenvalue weighted by Gasteiger charge is 2.40. The minimum Gasteiger partial charge on any atom is -0.355 e. The second-order valence-corrected chi connectivity index (χ2v) is 9.96. The number of hydrogen-bond donors (Lipinski definition) is 2. The molecule has 2 unspecified atom stereocenters. The first-order valence-corrected chi connectivity index (χ1v) is 11.7. The normalized spacial score (nSPS) is 29.7. The van der Waals surface area contributed by atoms with Crippen molar-refractivity contribution in [2.75, 3.05) is 51.3 Å². The summed E-state index contributed by atoms with van der Waals surface area (Å²) >= 11 is 2.11. The zero-order valence-corrected chi connectivity index (χ0v) is 20.8. The summed E-state index contributed by atoms with van der Waals surface area (Å²) in [6.45, 7) is 12.8. The lowest BCUT2D eigenvalue weighted by Crippen LogP contribution is -2.58. The Kier molecular flexibility index (Phi) is 9.49. The Labute approximate surface area is 187 Å². The quantitative estimate of drug-likeness (QED) is 0.339. The third-order valence-electron chi connectivity index (χ3n) is 6.72. The van der Waals surface area contributed by atoms with Crippen molar-refractivity contribution in [3.63, 3.8) is 0 Å². The van der Waals surface area contributed by atoms with E-state index in [-0.39, 0.29) is 24.0 Å². The largest absolute Gasteiger partial charge is 0.355 e. The van der Waals surface area contributed by atoms with Crippen LogP contribution in [-0.2, 0) is 0 Å². The number of thioether (sulfide) groups is 1. The molecule has 27 heavy (non-hydrogen) atoms. The number of rotatable bonds is 5. The Hall–Kier alpha value is 0.270. The van der Waals surface area contributed by atoms with Crippen LogP contribution >= 0.6 is 35.7 Å². The highest BCUT2D eigenvalue weighted by atomic mass is 127. The van der Waals surface area contributed by atoms with Gasteiger partial charge in [-0.25, -0.2) is 0 Å². The van der Waals surface area contributed by atoms with Crippen LogP contribution < -0.4 is 10.6 Å². The number of nitrogens with one attached hydrogen (secondary N) is 2. The number of halogens is 1. The predicted octanol–water partition coefficient (Wildman–Crippen LogP) is 2.86. The molecular weight excluding hydrogens is 469 g/mol. The van der Waals surface area contributed by atoms with Crippen molar-refractivity contribution in [1.29, 1.82) is 0 Å². The minimum absolute atomic E-state index is 0. The van der Waals surface area contributed by atoms with Crippen molar-refractivity contribution >= 4 is 41.7 Å². The van der Waals surface area contributed by atoms with Crippen molar-refractivity contribution in [2.24, 2.45) is 10.9 Å². The molecule has 0 aromatic carbocycles.